The Kier molecular flexibility index (Phi) is 9.63. The standard InChI is InChI=1S/C29H31BrFN3O7S/c30-25-12-13-26(39-19-18-33-15-2-1-3-16-33)24-14-17-34(28(27(24)25)41-29(35)32-36)42(37,38)23-10-8-22(9-11-23)40-21-6-4-20(31)5-7-21/h4-13,28,36H,1-3,14-19H2,(H,32,35). The van der Waals surface area contributed by atoms with Crippen molar-refractivity contribution in [1.82, 2.24) is 14.7 Å². The Morgan fingerprint density at radius 3 is 2.31 bits per heavy atom. The summed E-state index contributed by atoms with van der Waals surface area (Å²) in [6.45, 7) is 3.32. The van der Waals surface area contributed by atoms with Crippen LogP contribution in [0.5, 0.6) is 17.2 Å². The number of nitrogens with one attached hydrogen (secondary N) is 1. The van der Waals surface area contributed by atoms with Crippen molar-refractivity contribution in [3.05, 3.63) is 82.1 Å². The predicted molar refractivity (Wildman–Crippen MR) is 155 cm³/mol. The molecule has 2 heterocycles. The third-order valence-electron chi connectivity index (χ3n) is 7.25. The van der Waals surface area contributed by atoms with E-state index in [4.69, 9.17) is 14.2 Å². The second-order valence-electron chi connectivity index (χ2n) is 9.95. The average molecular weight is 665 g/mol. The van der Waals surface area contributed by atoms with Crippen molar-refractivity contribution >= 4 is 32.0 Å². The van der Waals surface area contributed by atoms with Gasteiger partial charge in [-0.1, -0.05) is 22.4 Å². The van der Waals surface area contributed by atoms with Crippen molar-refractivity contribution < 1.29 is 37.0 Å². The molecule has 1 unspecified atom stereocenters. The molecule has 13 heteroatoms. The second kappa shape index (κ2) is 13.4. The van der Waals surface area contributed by atoms with Crippen LogP contribution in [0.4, 0.5) is 9.18 Å². The van der Waals surface area contributed by atoms with E-state index in [1.807, 2.05) is 6.07 Å². The van der Waals surface area contributed by atoms with Gasteiger partial charge < -0.3 is 14.2 Å². The van der Waals surface area contributed by atoms with Gasteiger partial charge in [-0.25, -0.2) is 23.1 Å². The molecule has 224 valence electrons. The molecule has 0 radical (unpaired) electrons. The first-order valence-electron chi connectivity index (χ1n) is 13.6. The summed E-state index contributed by atoms with van der Waals surface area (Å²) < 4.78 is 59.7. The number of benzene rings is 3. The summed E-state index contributed by atoms with van der Waals surface area (Å²) in [6, 6.07) is 14.7. The summed E-state index contributed by atoms with van der Waals surface area (Å²) in [4.78, 5) is 14.5. The van der Waals surface area contributed by atoms with E-state index in [0.717, 1.165) is 23.9 Å². The SMILES string of the molecule is O=C(NO)OC1c2c(Br)ccc(OCCN3CCCCC3)c2CCN1S(=O)(=O)c1ccc(Oc2ccc(F)cc2)cc1. The maximum atomic E-state index is 13.8. The van der Waals surface area contributed by atoms with Crippen molar-refractivity contribution in [2.75, 3.05) is 32.8 Å². The van der Waals surface area contributed by atoms with Crippen LogP contribution in [0, 0.1) is 5.82 Å². The van der Waals surface area contributed by atoms with Gasteiger partial charge in [-0.15, -0.1) is 0 Å². The summed E-state index contributed by atoms with van der Waals surface area (Å²) in [6.07, 6.45) is 1.30. The van der Waals surface area contributed by atoms with Crippen LogP contribution >= 0.6 is 15.9 Å². The van der Waals surface area contributed by atoms with Gasteiger partial charge in [0, 0.05) is 28.7 Å². The first-order chi connectivity index (χ1) is 20.3. The molecular weight excluding hydrogens is 633 g/mol. The predicted octanol–water partition coefficient (Wildman–Crippen LogP) is 5.61. The quantitative estimate of drug-likeness (QED) is 0.224. The number of hydrogen-bond acceptors (Lipinski definition) is 8. The number of fused-ring (bicyclic) bond motifs is 1. The lowest BCUT2D eigenvalue weighted by atomic mass is 9.98. The number of rotatable bonds is 9. The average Bonchev–Trinajstić information content (AvgIpc) is 3.00. The number of carbonyl (C=O) groups is 1. The van der Waals surface area contributed by atoms with Gasteiger partial charge in [0.15, 0.2) is 6.23 Å². The van der Waals surface area contributed by atoms with Crippen molar-refractivity contribution in [3.8, 4) is 17.2 Å². The summed E-state index contributed by atoms with van der Waals surface area (Å²) >= 11 is 3.50. The first kappa shape index (κ1) is 30.2. The number of hydroxylamine groups is 1. The van der Waals surface area contributed by atoms with Gasteiger partial charge >= 0.3 is 6.09 Å². The Morgan fingerprint density at radius 1 is 0.976 bits per heavy atom. The summed E-state index contributed by atoms with van der Waals surface area (Å²) in [5.74, 6) is 0.928. The van der Waals surface area contributed by atoms with Gasteiger partial charge in [-0.2, -0.15) is 4.31 Å². The van der Waals surface area contributed by atoms with Gasteiger partial charge in [-0.05, 0) is 93.0 Å². The number of carbonyl (C=O) groups excluding carboxylic acids is 1. The molecule has 3 aromatic carbocycles. The highest BCUT2D eigenvalue weighted by atomic mass is 79.9. The minimum atomic E-state index is -4.19. The second-order valence-corrected chi connectivity index (χ2v) is 12.7. The topological polar surface area (TPSA) is 118 Å². The minimum Gasteiger partial charge on any atom is -0.492 e. The monoisotopic (exact) mass is 663 g/mol. The molecule has 0 bridgehead atoms. The van der Waals surface area contributed by atoms with E-state index >= 15 is 0 Å². The number of ether oxygens (including phenoxy) is 3. The first-order valence-corrected chi connectivity index (χ1v) is 15.8. The number of halogens is 2. The Balaban J connectivity index is 1.39. The van der Waals surface area contributed by atoms with E-state index in [1.54, 1.807) is 6.07 Å². The fourth-order valence-electron chi connectivity index (χ4n) is 5.17. The molecule has 42 heavy (non-hydrogen) atoms. The van der Waals surface area contributed by atoms with Crippen LogP contribution in [0.1, 0.15) is 36.6 Å². The molecular formula is C29H31BrFN3O7S. The Hall–Kier alpha value is -3.23. The molecule has 5 rings (SSSR count). The lowest BCUT2D eigenvalue weighted by Crippen LogP contribution is -2.43. The van der Waals surface area contributed by atoms with Crippen LogP contribution in [0.3, 0.4) is 0 Å². The minimum absolute atomic E-state index is 0.00845. The van der Waals surface area contributed by atoms with Crippen molar-refractivity contribution in [1.29, 1.82) is 0 Å². The van der Waals surface area contributed by atoms with Gasteiger partial charge in [0.25, 0.3) is 0 Å². The third kappa shape index (κ3) is 6.87. The fourth-order valence-corrected chi connectivity index (χ4v) is 7.22. The number of nitrogens with zero attached hydrogens (tertiary/aromatic N) is 2. The van der Waals surface area contributed by atoms with E-state index in [-0.39, 0.29) is 11.4 Å². The molecule has 10 nitrogen and oxygen atoms in total. The molecule has 0 aliphatic carbocycles. The van der Waals surface area contributed by atoms with E-state index in [9.17, 15) is 22.8 Å². The molecule has 1 saturated heterocycles. The lowest BCUT2D eigenvalue weighted by molar-refractivity contribution is 0.00157. The van der Waals surface area contributed by atoms with E-state index in [2.05, 4.69) is 20.8 Å². The molecule has 1 amide bonds. The molecule has 3 aromatic rings. The van der Waals surface area contributed by atoms with Crippen LogP contribution in [-0.4, -0.2) is 61.7 Å². The van der Waals surface area contributed by atoms with E-state index < -0.39 is 28.2 Å². The Labute approximate surface area is 252 Å². The van der Waals surface area contributed by atoms with Gasteiger partial charge in [-0.3, -0.25) is 10.1 Å². The maximum absolute atomic E-state index is 13.8. The Bertz CT molecular complexity index is 1500. The lowest BCUT2D eigenvalue weighted by Gasteiger charge is -2.36. The molecule has 0 saturated carbocycles. The molecule has 2 aliphatic heterocycles. The van der Waals surface area contributed by atoms with Crippen molar-refractivity contribution in [3.63, 3.8) is 0 Å². The van der Waals surface area contributed by atoms with Crippen molar-refractivity contribution in [2.24, 2.45) is 0 Å². The van der Waals surface area contributed by atoms with Gasteiger partial charge in [0.05, 0.1) is 4.90 Å². The van der Waals surface area contributed by atoms with Crippen LogP contribution in [0.15, 0.2) is 70.0 Å². The smallest absolute Gasteiger partial charge is 0.432 e. The summed E-state index contributed by atoms with van der Waals surface area (Å²) in [5, 5.41) is 9.18. The van der Waals surface area contributed by atoms with Crippen LogP contribution in [-0.2, 0) is 21.2 Å². The van der Waals surface area contributed by atoms with E-state index in [0.29, 0.717) is 45.9 Å². The zero-order valence-electron chi connectivity index (χ0n) is 22.7. The van der Waals surface area contributed by atoms with Gasteiger partial charge in [0.2, 0.25) is 10.0 Å². The number of amides is 1. The number of sulfonamides is 1. The molecule has 0 spiro atoms. The van der Waals surface area contributed by atoms with Crippen LogP contribution in [0.25, 0.3) is 0 Å². The fraction of sp³-hybridized carbons (Fsp3) is 0.345. The third-order valence-corrected chi connectivity index (χ3v) is 9.81. The summed E-state index contributed by atoms with van der Waals surface area (Å²) in [7, 11) is -4.19. The van der Waals surface area contributed by atoms with Crippen LogP contribution in [0.2, 0.25) is 0 Å². The molecule has 0 aromatic heterocycles. The Morgan fingerprint density at radius 2 is 1.64 bits per heavy atom. The largest absolute Gasteiger partial charge is 0.492 e. The van der Waals surface area contributed by atoms with Gasteiger partial charge in [0.1, 0.15) is 29.7 Å². The molecule has 1 atom stereocenters. The number of hydrogen-bond donors (Lipinski definition) is 2. The highest BCUT2D eigenvalue weighted by molar-refractivity contribution is 9.10. The zero-order chi connectivity index (χ0) is 29.7. The zero-order valence-corrected chi connectivity index (χ0v) is 25.1. The van der Waals surface area contributed by atoms with E-state index in [1.165, 1.54) is 73.3 Å². The number of piperidine rings is 1. The maximum Gasteiger partial charge on any atom is 0.432 e. The highest BCUT2D eigenvalue weighted by Crippen LogP contribution is 2.43. The molecule has 2 N–H and O–H groups in total. The number of likely N-dealkylation sites (tertiary alicyclic amines) is 1. The van der Waals surface area contributed by atoms with Crippen LogP contribution < -0.4 is 15.0 Å². The highest BCUT2D eigenvalue weighted by Gasteiger charge is 2.41. The molecule has 2 aliphatic rings. The summed E-state index contributed by atoms with van der Waals surface area (Å²) in [5.41, 5.74) is 2.55. The van der Waals surface area contributed by atoms with Crippen molar-refractivity contribution in [2.45, 2.75) is 36.8 Å². The normalized spacial score (nSPS) is 17.7. The molecule has 1 fully saturated rings.